The van der Waals surface area contributed by atoms with E-state index in [9.17, 15) is 5.11 Å². The minimum atomic E-state index is -0.0988. The van der Waals surface area contributed by atoms with E-state index in [1.165, 1.54) is 5.75 Å². The van der Waals surface area contributed by atoms with Gasteiger partial charge in [-0.2, -0.15) is 11.8 Å². The van der Waals surface area contributed by atoms with E-state index >= 15 is 0 Å². The van der Waals surface area contributed by atoms with Crippen LogP contribution < -0.4 is 5.32 Å². The molecule has 3 heteroatoms. The van der Waals surface area contributed by atoms with Crippen molar-refractivity contribution in [3.8, 4) is 0 Å². The van der Waals surface area contributed by atoms with Crippen LogP contribution in [0.25, 0.3) is 0 Å². The predicted octanol–water partition coefficient (Wildman–Crippen LogP) is 2.27. The third kappa shape index (κ3) is 6.68. The van der Waals surface area contributed by atoms with Crippen LogP contribution in [0.1, 0.15) is 40.5 Å². The molecule has 0 spiro atoms. The van der Waals surface area contributed by atoms with E-state index in [-0.39, 0.29) is 12.1 Å². The summed E-state index contributed by atoms with van der Waals surface area (Å²) in [7, 11) is 1.91. The van der Waals surface area contributed by atoms with Crippen molar-refractivity contribution in [2.75, 3.05) is 19.4 Å². The maximum atomic E-state index is 9.18. The van der Waals surface area contributed by atoms with Gasteiger partial charge in [-0.25, -0.2) is 0 Å². The second-order valence-corrected chi connectivity index (χ2v) is 6.95. The van der Waals surface area contributed by atoms with Gasteiger partial charge in [0.15, 0.2) is 0 Å². The lowest BCUT2D eigenvalue weighted by atomic mass is 9.98. The molecule has 1 atom stereocenters. The van der Waals surface area contributed by atoms with Crippen molar-refractivity contribution in [2.24, 2.45) is 0 Å². The van der Waals surface area contributed by atoms with Crippen molar-refractivity contribution < 1.29 is 5.11 Å². The van der Waals surface area contributed by atoms with Crippen LogP contribution in [0.4, 0.5) is 0 Å². The van der Waals surface area contributed by atoms with Crippen LogP contribution in [-0.2, 0) is 0 Å². The molecule has 1 unspecified atom stereocenters. The molecule has 0 aromatic heterocycles. The largest absolute Gasteiger partial charge is 0.394 e. The van der Waals surface area contributed by atoms with Crippen molar-refractivity contribution in [2.45, 2.75) is 50.8 Å². The third-order valence-corrected chi connectivity index (χ3v) is 3.72. The van der Waals surface area contributed by atoms with Crippen molar-refractivity contribution in [1.82, 2.24) is 5.32 Å². The average Bonchev–Trinajstić information content (AvgIpc) is 2.11. The van der Waals surface area contributed by atoms with Crippen molar-refractivity contribution >= 4 is 11.8 Å². The molecule has 0 radical (unpaired) electrons. The van der Waals surface area contributed by atoms with E-state index in [0.29, 0.717) is 4.75 Å². The van der Waals surface area contributed by atoms with Crippen LogP contribution in [0, 0.1) is 0 Å². The number of hydrogen-bond donors (Lipinski definition) is 2. The fourth-order valence-corrected chi connectivity index (χ4v) is 2.02. The molecule has 0 aromatic carbocycles. The van der Waals surface area contributed by atoms with E-state index in [1.54, 1.807) is 0 Å². The van der Waals surface area contributed by atoms with Gasteiger partial charge >= 0.3 is 0 Å². The highest BCUT2D eigenvalue weighted by atomic mass is 32.2. The number of likely N-dealkylation sites (N-methyl/N-ethyl adjacent to an activating group) is 1. The lowest BCUT2D eigenvalue weighted by Crippen LogP contribution is -2.43. The van der Waals surface area contributed by atoms with Gasteiger partial charge in [0.05, 0.1) is 6.61 Å². The molecule has 86 valence electrons. The first-order chi connectivity index (χ1) is 6.33. The van der Waals surface area contributed by atoms with Gasteiger partial charge in [-0.1, -0.05) is 20.8 Å². The number of rotatable bonds is 6. The van der Waals surface area contributed by atoms with Crippen molar-refractivity contribution in [3.63, 3.8) is 0 Å². The van der Waals surface area contributed by atoms with E-state index in [1.807, 2.05) is 18.8 Å². The van der Waals surface area contributed by atoms with Crippen LogP contribution in [0.2, 0.25) is 0 Å². The average molecular weight is 219 g/mol. The highest BCUT2D eigenvalue weighted by Gasteiger charge is 2.20. The van der Waals surface area contributed by atoms with E-state index in [2.05, 4.69) is 33.0 Å². The number of aliphatic hydroxyl groups is 1. The number of aliphatic hydroxyl groups excluding tert-OH is 1. The van der Waals surface area contributed by atoms with Crippen LogP contribution in [0.5, 0.6) is 0 Å². The standard InChI is InChI=1S/C11H25NOS/c1-10(2,3)14-8-6-7-11(4,9-13)12-5/h12-13H,6-9H2,1-5H3. The molecular formula is C11H25NOS. The minimum absolute atomic E-state index is 0.0988. The molecule has 14 heavy (non-hydrogen) atoms. The normalized spacial score (nSPS) is 16.7. The fourth-order valence-electron chi connectivity index (χ4n) is 1.12. The molecule has 2 N–H and O–H groups in total. The first-order valence-corrected chi connectivity index (χ1v) is 6.25. The molecular weight excluding hydrogens is 194 g/mol. The Kier molecular flexibility index (Phi) is 6.10. The summed E-state index contributed by atoms with van der Waals surface area (Å²) in [4.78, 5) is 0. The van der Waals surface area contributed by atoms with Crippen molar-refractivity contribution in [3.05, 3.63) is 0 Å². The van der Waals surface area contributed by atoms with Gasteiger partial charge in [-0.05, 0) is 32.6 Å². The van der Waals surface area contributed by atoms with E-state index < -0.39 is 0 Å². The van der Waals surface area contributed by atoms with Crippen LogP contribution in [-0.4, -0.2) is 34.8 Å². The minimum Gasteiger partial charge on any atom is -0.394 e. The SMILES string of the molecule is CNC(C)(CO)CCCSC(C)(C)C. The summed E-state index contributed by atoms with van der Waals surface area (Å²) in [6.07, 6.45) is 2.18. The molecule has 0 rings (SSSR count). The Morgan fingerprint density at radius 2 is 1.79 bits per heavy atom. The van der Waals surface area contributed by atoms with Gasteiger partial charge in [0.1, 0.15) is 0 Å². The Bertz CT molecular complexity index is 150. The summed E-state index contributed by atoms with van der Waals surface area (Å²) in [5.74, 6) is 1.17. The quantitative estimate of drug-likeness (QED) is 0.672. The van der Waals surface area contributed by atoms with Crippen molar-refractivity contribution in [1.29, 1.82) is 0 Å². The topological polar surface area (TPSA) is 32.3 Å². The van der Waals surface area contributed by atoms with E-state index in [4.69, 9.17) is 0 Å². The molecule has 0 fully saturated rings. The lowest BCUT2D eigenvalue weighted by molar-refractivity contribution is 0.173. The lowest BCUT2D eigenvalue weighted by Gasteiger charge is -2.27. The zero-order valence-electron chi connectivity index (χ0n) is 10.2. The highest BCUT2D eigenvalue weighted by Crippen LogP contribution is 2.25. The molecule has 0 amide bonds. The van der Waals surface area contributed by atoms with Crippen LogP contribution in [0.15, 0.2) is 0 Å². The fraction of sp³-hybridized carbons (Fsp3) is 1.00. The first kappa shape index (κ1) is 14.3. The van der Waals surface area contributed by atoms with Gasteiger partial charge in [-0.15, -0.1) is 0 Å². The number of hydrogen-bond acceptors (Lipinski definition) is 3. The summed E-state index contributed by atoms with van der Waals surface area (Å²) in [5, 5.41) is 12.3. The molecule has 0 aromatic rings. The summed E-state index contributed by atoms with van der Waals surface area (Å²) in [6, 6.07) is 0. The molecule has 0 aliphatic carbocycles. The third-order valence-electron chi connectivity index (χ3n) is 2.36. The summed E-state index contributed by atoms with van der Waals surface area (Å²) in [5.41, 5.74) is -0.0988. The second-order valence-electron chi connectivity index (χ2n) is 5.03. The second kappa shape index (κ2) is 5.99. The Balaban J connectivity index is 3.63. The molecule has 0 aliphatic heterocycles. The molecule has 2 nitrogen and oxygen atoms in total. The van der Waals surface area contributed by atoms with Gasteiger partial charge in [0.25, 0.3) is 0 Å². The first-order valence-electron chi connectivity index (χ1n) is 5.27. The number of thioether (sulfide) groups is 1. The zero-order valence-corrected chi connectivity index (χ0v) is 11.0. The molecule has 0 bridgehead atoms. The Morgan fingerprint density at radius 1 is 1.21 bits per heavy atom. The monoisotopic (exact) mass is 219 g/mol. The van der Waals surface area contributed by atoms with Gasteiger partial charge in [0.2, 0.25) is 0 Å². The molecule has 0 saturated carbocycles. The Labute approximate surface area is 92.9 Å². The van der Waals surface area contributed by atoms with Gasteiger partial charge in [-0.3, -0.25) is 0 Å². The predicted molar refractivity (Wildman–Crippen MR) is 66.0 cm³/mol. The zero-order chi connectivity index (χ0) is 11.2. The smallest absolute Gasteiger partial charge is 0.0610 e. The maximum Gasteiger partial charge on any atom is 0.0610 e. The number of nitrogens with one attached hydrogen (secondary N) is 1. The Hall–Kier alpha value is 0.270. The molecule has 0 saturated heterocycles. The maximum absolute atomic E-state index is 9.18. The summed E-state index contributed by atoms with van der Waals surface area (Å²) in [6.45, 7) is 8.99. The van der Waals surface area contributed by atoms with Gasteiger partial charge in [0, 0.05) is 10.3 Å². The highest BCUT2D eigenvalue weighted by molar-refractivity contribution is 8.00. The van der Waals surface area contributed by atoms with Crippen LogP contribution in [0.3, 0.4) is 0 Å². The summed E-state index contributed by atoms with van der Waals surface area (Å²) >= 11 is 1.99. The Morgan fingerprint density at radius 3 is 2.14 bits per heavy atom. The van der Waals surface area contributed by atoms with Crippen LogP contribution >= 0.6 is 11.8 Å². The molecule has 0 aliphatic rings. The van der Waals surface area contributed by atoms with E-state index in [0.717, 1.165) is 12.8 Å². The van der Waals surface area contributed by atoms with Gasteiger partial charge < -0.3 is 10.4 Å². The summed E-state index contributed by atoms with van der Waals surface area (Å²) < 4.78 is 0.356. The molecule has 0 heterocycles.